The molecule has 9 heteroatoms. The number of benzene rings is 2. The Morgan fingerprint density at radius 2 is 0.800 bits per heavy atom. The average Bonchev–Trinajstić information content (AvgIpc) is 2.53. The molecule has 130 valence electrons. The van der Waals surface area contributed by atoms with Crippen molar-refractivity contribution in [2.75, 3.05) is 0 Å². The van der Waals surface area contributed by atoms with Gasteiger partial charge in [-0.1, -0.05) is 12.1 Å². The maximum Gasteiger partial charge on any atom is 0.336 e. The van der Waals surface area contributed by atoms with E-state index in [4.69, 9.17) is 20.4 Å². The number of carbonyl (C=O) groups is 4. The van der Waals surface area contributed by atoms with Crippen LogP contribution in [0, 0.1) is 0 Å². The minimum absolute atomic E-state index is 0. The monoisotopic (exact) mass is 348 g/mol. The summed E-state index contributed by atoms with van der Waals surface area (Å²) < 4.78 is 0. The highest BCUT2D eigenvalue weighted by molar-refractivity contribution is 6.04. The van der Waals surface area contributed by atoms with Crippen molar-refractivity contribution in [3.05, 3.63) is 58.7 Å². The van der Waals surface area contributed by atoms with Crippen molar-refractivity contribution in [3.8, 4) is 11.1 Å². The van der Waals surface area contributed by atoms with Crippen LogP contribution in [-0.4, -0.2) is 49.8 Å². The summed E-state index contributed by atoms with van der Waals surface area (Å²) in [5.41, 5.74) is -1.24. The topological polar surface area (TPSA) is 181 Å². The van der Waals surface area contributed by atoms with E-state index in [1.54, 1.807) is 0 Å². The molecule has 0 aliphatic heterocycles. The van der Waals surface area contributed by atoms with E-state index in [0.717, 1.165) is 24.3 Å². The van der Waals surface area contributed by atoms with Gasteiger partial charge in [-0.05, 0) is 35.4 Å². The van der Waals surface area contributed by atoms with Gasteiger partial charge < -0.3 is 25.9 Å². The number of rotatable bonds is 5. The zero-order valence-electron chi connectivity index (χ0n) is 12.4. The Labute approximate surface area is 139 Å². The van der Waals surface area contributed by atoms with Gasteiger partial charge in [-0.2, -0.15) is 0 Å². The molecule has 6 N–H and O–H groups in total. The quantitative estimate of drug-likeness (QED) is 0.624. The number of hydrogen-bond donors (Lipinski definition) is 4. The van der Waals surface area contributed by atoms with Crippen LogP contribution in [0.4, 0.5) is 0 Å². The lowest BCUT2D eigenvalue weighted by Gasteiger charge is -2.09. The molecule has 0 aliphatic carbocycles. The lowest BCUT2D eigenvalue weighted by molar-refractivity contribution is 0.0651. The van der Waals surface area contributed by atoms with E-state index >= 15 is 0 Å². The molecule has 0 spiro atoms. The summed E-state index contributed by atoms with van der Waals surface area (Å²) in [6.45, 7) is 0. The molecular weight excluding hydrogens is 336 g/mol. The maximum absolute atomic E-state index is 11.2. The van der Waals surface area contributed by atoms with Crippen molar-refractivity contribution in [2.45, 2.75) is 0 Å². The molecule has 9 nitrogen and oxygen atoms in total. The molecule has 2 rings (SSSR count). The highest BCUT2D eigenvalue weighted by atomic mass is 16.4. The van der Waals surface area contributed by atoms with E-state index < -0.39 is 46.1 Å². The molecule has 0 saturated carbocycles. The van der Waals surface area contributed by atoms with Gasteiger partial charge in [0.05, 0.1) is 22.3 Å². The summed E-state index contributed by atoms with van der Waals surface area (Å²) in [6.07, 6.45) is 0. The minimum Gasteiger partial charge on any atom is -0.478 e. The first kappa shape index (κ1) is 19.3. The van der Waals surface area contributed by atoms with Crippen molar-refractivity contribution >= 4 is 23.9 Å². The third-order valence-corrected chi connectivity index (χ3v) is 3.29. The highest BCUT2D eigenvalue weighted by Crippen LogP contribution is 2.25. The number of carboxylic acids is 4. The molecular formula is C16H12O9. The van der Waals surface area contributed by atoms with Crippen LogP contribution in [0.3, 0.4) is 0 Å². The molecule has 0 fully saturated rings. The van der Waals surface area contributed by atoms with Crippen LogP contribution < -0.4 is 0 Å². The van der Waals surface area contributed by atoms with E-state index in [2.05, 4.69) is 0 Å². The SMILES string of the molecule is O.O=C(O)c1ccc(-c2ccc(C(=O)O)c(C(=O)O)c2)cc1C(=O)O. The summed E-state index contributed by atoms with van der Waals surface area (Å²) in [4.78, 5) is 44.4. The third kappa shape index (κ3) is 3.79. The summed E-state index contributed by atoms with van der Waals surface area (Å²) in [5.74, 6) is -5.72. The molecule has 0 unspecified atom stereocenters. The Kier molecular flexibility index (Phi) is 5.59. The van der Waals surface area contributed by atoms with Crippen molar-refractivity contribution in [1.82, 2.24) is 0 Å². The fourth-order valence-corrected chi connectivity index (χ4v) is 2.17. The van der Waals surface area contributed by atoms with Gasteiger partial charge in [0.2, 0.25) is 0 Å². The van der Waals surface area contributed by atoms with Gasteiger partial charge in [0.25, 0.3) is 0 Å². The normalized spacial score (nSPS) is 9.76. The summed E-state index contributed by atoms with van der Waals surface area (Å²) in [6, 6.07) is 6.99. The van der Waals surface area contributed by atoms with Gasteiger partial charge in [-0.3, -0.25) is 0 Å². The maximum atomic E-state index is 11.2. The van der Waals surface area contributed by atoms with Gasteiger partial charge in [-0.25, -0.2) is 19.2 Å². The fourth-order valence-electron chi connectivity index (χ4n) is 2.17. The minimum atomic E-state index is -1.45. The largest absolute Gasteiger partial charge is 0.478 e. The van der Waals surface area contributed by atoms with Gasteiger partial charge in [-0.15, -0.1) is 0 Å². The fraction of sp³-hybridized carbons (Fsp3) is 0. The predicted molar refractivity (Wildman–Crippen MR) is 83.3 cm³/mol. The summed E-state index contributed by atoms with van der Waals surface area (Å²) in [7, 11) is 0. The second kappa shape index (κ2) is 7.23. The van der Waals surface area contributed by atoms with Crippen LogP contribution >= 0.6 is 0 Å². The lowest BCUT2D eigenvalue weighted by atomic mass is 9.96. The van der Waals surface area contributed by atoms with Gasteiger partial charge in [0, 0.05) is 0 Å². The third-order valence-electron chi connectivity index (χ3n) is 3.29. The van der Waals surface area contributed by atoms with Crippen LogP contribution in [0.1, 0.15) is 41.4 Å². The highest BCUT2D eigenvalue weighted by Gasteiger charge is 2.19. The Balaban J connectivity index is 0.00000312. The number of aromatic carboxylic acids is 4. The molecule has 0 atom stereocenters. The van der Waals surface area contributed by atoms with Crippen molar-refractivity contribution in [2.24, 2.45) is 0 Å². The molecule has 0 aromatic heterocycles. The zero-order valence-corrected chi connectivity index (χ0v) is 12.4. The molecule has 2 aromatic carbocycles. The van der Waals surface area contributed by atoms with Crippen molar-refractivity contribution < 1.29 is 45.1 Å². The Bertz CT molecular complexity index is 810. The Morgan fingerprint density at radius 1 is 0.520 bits per heavy atom. The van der Waals surface area contributed by atoms with Crippen LogP contribution in [0.5, 0.6) is 0 Å². The van der Waals surface area contributed by atoms with Crippen molar-refractivity contribution in [1.29, 1.82) is 0 Å². The average molecular weight is 348 g/mol. The van der Waals surface area contributed by atoms with Crippen LogP contribution in [0.2, 0.25) is 0 Å². The Hall–Kier alpha value is -3.72. The summed E-state index contributed by atoms with van der Waals surface area (Å²) >= 11 is 0. The van der Waals surface area contributed by atoms with E-state index in [9.17, 15) is 19.2 Å². The predicted octanol–water partition coefficient (Wildman–Crippen LogP) is 1.32. The zero-order chi connectivity index (χ0) is 18.0. The van der Waals surface area contributed by atoms with E-state index in [1.165, 1.54) is 12.1 Å². The summed E-state index contributed by atoms with van der Waals surface area (Å²) in [5, 5.41) is 36.2. The smallest absolute Gasteiger partial charge is 0.336 e. The van der Waals surface area contributed by atoms with E-state index in [0.29, 0.717) is 0 Å². The van der Waals surface area contributed by atoms with Gasteiger partial charge in [0.15, 0.2) is 0 Å². The molecule has 25 heavy (non-hydrogen) atoms. The lowest BCUT2D eigenvalue weighted by Crippen LogP contribution is -2.09. The van der Waals surface area contributed by atoms with Gasteiger partial charge >= 0.3 is 23.9 Å². The number of hydrogen-bond acceptors (Lipinski definition) is 4. The second-order valence-corrected chi connectivity index (χ2v) is 4.74. The molecule has 2 aromatic rings. The Morgan fingerprint density at radius 3 is 1.04 bits per heavy atom. The first-order valence-corrected chi connectivity index (χ1v) is 6.44. The standard InChI is InChI=1S/C16H10O8.H2O/c17-13(18)9-3-1-7(5-11(9)15(21)22)8-2-4-10(14(19)20)12(6-8)16(23)24;/h1-6H,(H,17,18)(H,19,20)(H,21,22)(H,23,24);1H2. The molecule has 0 amide bonds. The first-order chi connectivity index (χ1) is 11.2. The number of carboxylic acid groups (broad SMARTS) is 4. The van der Waals surface area contributed by atoms with Crippen LogP contribution in [0.25, 0.3) is 11.1 Å². The molecule has 0 radical (unpaired) electrons. The van der Waals surface area contributed by atoms with E-state index in [1.807, 2.05) is 0 Å². The first-order valence-electron chi connectivity index (χ1n) is 6.44. The van der Waals surface area contributed by atoms with E-state index in [-0.39, 0.29) is 16.6 Å². The molecule has 0 bridgehead atoms. The van der Waals surface area contributed by atoms with Crippen molar-refractivity contribution in [3.63, 3.8) is 0 Å². The second-order valence-electron chi connectivity index (χ2n) is 4.74. The van der Waals surface area contributed by atoms with Crippen LogP contribution in [-0.2, 0) is 0 Å². The van der Waals surface area contributed by atoms with Gasteiger partial charge in [0.1, 0.15) is 0 Å². The molecule has 0 heterocycles. The molecule has 0 saturated heterocycles. The van der Waals surface area contributed by atoms with Crippen LogP contribution in [0.15, 0.2) is 36.4 Å². The molecule has 0 aliphatic rings.